The molecule has 0 bridgehead atoms. The number of nitrogens with zero attached hydrogens (tertiary/aromatic N) is 1. The van der Waals surface area contributed by atoms with E-state index in [4.69, 9.17) is 4.74 Å². The lowest BCUT2D eigenvalue weighted by molar-refractivity contribution is -0.275. The summed E-state index contributed by atoms with van der Waals surface area (Å²) in [5, 5.41) is 0. The van der Waals surface area contributed by atoms with Gasteiger partial charge in [0.05, 0.1) is 7.11 Å². The molecule has 0 aromatic carbocycles. The Bertz CT molecular complexity index is 329. The Morgan fingerprint density at radius 3 is 2.57 bits per heavy atom. The first-order valence-electron chi connectivity index (χ1n) is 3.38. The smallest absolute Gasteiger partial charge is 0.480 e. The first-order chi connectivity index (χ1) is 6.44. The van der Waals surface area contributed by atoms with Crippen molar-refractivity contribution in [2.24, 2.45) is 0 Å². The summed E-state index contributed by atoms with van der Waals surface area (Å²) in [6, 6.07) is 1.12. The first-order valence-corrected chi connectivity index (χ1v) is 4.46. The second kappa shape index (κ2) is 4.20. The molecule has 0 unspecified atom stereocenters. The van der Waals surface area contributed by atoms with Gasteiger partial charge in [-0.1, -0.05) is 0 Å². The van der Waals surface area contributed by atoms with E-state index in [1.54, 1.807) is 22.6 Å². The maximum Gasteiger partial charge on any atom is 0.573 e. The lowest BCUT2D eigenvalue weighted by Gasteiger charge is -2.11. The minimum atomic E-state index is -4.70. The average molecular weight is 319 g/mol. The zero-order chi connectivity index (χ0) is 10.8. The number of alkyl halides is 3. The van der Waals surface area contributed by atoms with E-state index in [-0.39, 0.29) is 15.2 Å². The molecule has 0 aliphatic rings. The average Bonchev–Trinajstić information content (AvgIpc) is 2.06. The van der Waals surface area contributed by atoms with E-state index in [1.807, 2.05) is 0 Å². The van der Waals surface area contributed by atoms with Crippen LogP contribution < -0.4 is 9.47 Å². The number of hydrogen-bond donors (Lipinski definition) is 0. The van der Waals surface area contributed by atoms with Crippen LogP contribution in [0.25, 0.3) is 0 Å². The Hall–Kier alpha value is -0.730. The van der Waals surface area contributed by atoms with E-state index in [9.17, 15) is 13.2 Å². The molecule has 0 aliphatic heterocycles. The Morgan fingerprint density at radius 2 is 2.07 bits per heavy atom. The largest absolute Gasteiger partial charge is 0.573 e. The van der Waals surface area contributed by atoms with Crippen molar-refractivity contribution in [2.75, 3.05) is 7.11 Å². The Kier molecular flexibility index (Phi) is 3.40. The Morgan fingerprint density at radius 1 is 1.43 bits per heavy atom. The second-order valence-corrected chi connectivity index (χ2v) is 3.26. The number of rotatable bonds is 2. The summed E-state index contributed by atoms with van der Waals surface area (Å²) in [5.74, 6) is -0.211. The van der Waals surface area contributed by atoms with Crippen LogP contribution in [0.3, 0.4) is 0 Å². The van der Waals surface area contributed by atoms with Crippen LogP contribution in [0.4, 0.5) is 13.2 Å². The van der Waals surface area contributed by atoms with Gasteiger partial charge < -0.3 is 9.47 Å². The van der Waals surface area contributed by atoms with Crippen molar-refractivity contribution in [3.05, 3.63) is 15.8 Å². The summed E-state index contributed by atoms with van der Waals surface area (Å²) in [5.41, 5.74) is 0. The standard InChI is InChI=1S/C7H5F3INO2/c1-13-6-5(11)4(2-3-12-6)14-7(8,9)10/h2-3H,1H3. The van der Waals surface area contributed by atoms with Gasteiger partial charge in [0.1, 0.15) is 9.32 Å². The third kappa shape index (κ3) is 2.89. The molecule has 1 aromatic rings. The molecule has 0 N–H and O–H groups in total. The number of ether oxygens (including phenoxy) is 2. The van der Waals surface area contributed by atoms with Gasteiger partial charge in [0, 0.05) is 12.3 Å². The highest BCUT2D eigenvalue weighted by Crippen LogP contribution is 2.31. The van der Waals surface area contributed by atoms with Gasteiger partial charge in [0.15, 0.2) is 0 Å². The predicted molar refractivity (Wildman–Crippen MR) is 50.2 cm³/mol. The van der Waals surface area contributed by atoms with Crippen molar-refractivity contribution >= 4 is 22.6 Å². The molecule has 0 fully saturated rings. The summed E-state index contributed by atoms with van der Waals surface area (Å²) < 4.78 is 44.3. The van der Waals surface area contributed by atoms with Gasteiger partial charge >= 0.3 is 6.36 Å². The summed E-state index contributed by atoms with van der Waals surface area (Å²) in [7, 11) is 1.32. The molecule has 0 saturated heterocycles. The van der Waals surface area contributed by atoms with E-state index in [1.165, 1.54) is 13.3 Å². The first kappa shape index (κ1) is 11.3. The van der Waals surface area contributed by atoms with Gasteiger partial charge in [0.2, 0.25) is 5.88 Å². The fourth-order valence-electron chi connectivity index (χ4n) is 0.754. The fourth-order valence-corrected chi connectivity index (χ4v) is 1.40. The van der Waals surface area contributed by atoms with Crippen LogP contribution in [0, 0.1) is 3.57 Å². The van der Waals surface area contributed by atoms with Crippen molar-refractivity contribution in [3.63, 3.8) is 0 Å². The molecule has 0 amide bonds. The van der Waals surface area contributed by atoms with Crippen LogP contribution in [-0.2, 0) is 0 Å². The van der Waals surface area contributed by atoms with Gasteiger partial charge in [-0.15, -0.1) is 13.2 Å². The summed E-state index contributed by atoms with van der Waals surface area (Å²) in [4.78, 5) is 3.71. The minimum Gasteiger partial charge on any atom is -0.480 e. The Balaban J connectivity index is 2.98. The molecule has 1 rings (SSSR count). The molecule has 0 spiro atoms. The summed E-state index contributed by atoms with van der Waals surface area (Å²) in [6.07, 6.45) is -3.52. The van der Waals surface area contributed by atoms with Crippen molar-refractivity contribution in [2.45, 2.75) is 6.36 Å². The molecule has 1 heterocycles. The molecule has 0 atom stereocenters. The summed E-state index contributed by atoms with van der Waals surface area (Å²) in [6.45, 7) is 0. The fraction of sp³-hybridized carbons (Fsp3) is 0.286. The lowest BCUT2D eigenvalue weighted by atomic mass is 10.4. The molecule has 0 radical (unpaired) electrons. The monoisotopic (exact) mass is 319 g/mol. The molecule has 3 nitrogen and oxygen atoms in total. The topological polar surface area (TPSA) is 31.4 Å². The van der Waals surface area contributed by atoms with E-state index in [0.29, 0.717) is 0 Å². The van der Waals surface area contributed by atoms with E-state index >= 15 is 0 Å². The third-order valence-electron chi connectivity index (χ3n) is 1.24. The lowest BCUT2D eigenvalue weighted by Crippen LogP contribution is -2.18. The minimum absolute atomic E-state index is 0.104. The zero-order valence-electron chi connectivity index (χ0n) is 6.93. The third-order valence-corrected chi connectivity index (χ3v) is 2.23. The van der Waals surface area contributed by atoms with Gasteiger partial charge in [-0.05, 0) is 22.6 Å². The van der Waals surface area contributed by atoms with Crippen molar-refractivity contribution in [3.8, 4) is 11.6 Å². The van der Waals surface area contributed by atoms with Gasteiger partial charge in [-0.25, -0.2) is 4.98 Å². The van der Waals surface area contributed by atoms with Gasteiger partial charge in [-0.2, -0.15) is 0 Å². The molecule has 7 heteroatoms. The van der Waals surface area contributed by atoms with Crippen molar-refractivity contribution in [1.29, 1.82) is 0 Å². The normalized spacial score (nSPS) is 11.2. The van der Waals surface area contributed by atoms with Crippen molar-refractivity contribution < 1.29 is 22.6 Å². The number of pyridine rings is 1. The van der Waals surface area contributed by atoms with Gasteiger partial charge in [-0.3, -0.25) is 0 Å². The second-order valence-electron chi connectivity index (χ2n) is 2.18. The predicted octanol–water partition coefficient (Wildman–Crippen LogP) is 2.59. The zero-order valence-corrected chi connectivity index (χ0v) is 9.09. The number of methoxy groups -OCH3 is 1. The van der Waals surface area contributed by atoms with E-state index < -0.39 is 6.36 Å². The maximum absolute atomic E-state index is 11.9. The van der Waals surface area contributed by atoms with E-state index in [2.05, 4.69) is 9.72 Å². The number of hydrogen-bond acceptors (Lipinski definition) is 3. The molecule has 0 aliphatic carbocycles. The SMILES string of the molecule is COc1nccc(OC(F)(F)F)c1I. The van der Waals surface area contributed by atoms with Crippen LogP contribution >= 0.6 is 22.6 Å². The molecular formula is C7H5F3INO2. The number of aromatic nitrogens is 1. The molecule has 78 valence electrons. The molecule has 14 heavy (non-hydrogen) atoms. The van der Waals surface area contributed by atoms with Crippen molar-refractivity contribution in [1.82, 2.24) is 4.98 Å². The van der Waals surface area contributed by atoms with Crippen LogP contribution in [0.2, 0.25) is 0 Å². The number of halogens is 4. The molecule has 0 saturated carbocycles. The highest BCUT2D eigenvalue weighted by molar-refractivity contribution is 14.1. The summed E-state index contributed by atoms with van der Waals surface area (Å²) >= 11 is 1.67. The van der Waals surface area contributed by atoms with E-state index in [0.717, 1.165) is 6.07 Å². The highest BCUT2D eigenvalue weighted by atomic mass is 127. The maximum atomic E-state index is 11.9. The quantitative estimate of drug-likeness (QED) is 0.785. The van der Waals surface area contributed by atoms with Gasteiger partial charge in [0.25, 0.3) is 0 Å². The Labute approximate surface area is 91.4 Å². The highest BCUT2D eigenvalue weighted by Gasteiger charge is 2.32. The molecule has 1 aromatic heterocycles. The molecular weight excluding hydrogens is 314 g/mol. The van der Waals surface area contributed by atoms with Crippen LogP contribution in [0.15, 0.2) is 12.3 Å². The van der Waals surface area contributed by atoms with Crippen LogP contribution in [-0.4, -0.2) is 18.5 Å². The van der Waals surface area contributed by atoms with Crippen LogP contribution in [0.1, 0.15) is 0 Å². The van der Waals surface area contributed by atoms with Crippen LogP contribution in [0.5, 0.6) is 11.6 Å².